The van der Waals surface area contributed by atoms with Gasteiger partial charge in [-0.3, -0.25) is 12.9 Å². The predicted molar refractivity (Wildman–Crippen MR) is 58.3 cm³/mol. The Morgan fingerprint density at radius 3 is 2.54 bits per heavy atom. The second-order valence-electron chi connectivity index (χ2n) is 2.77. The van der Waals surface area contributed by atoms with Crippen molar-refractivity contribution in [2.75, 3.05) is 0 Å². The van der Waals surface area contributed by atoms with E-state index in [0.717, 1.165) is 11.4 Å². The molecule has 2 aromatic rings. The number of aromatic amines is 1. The fourth-order valence-electron chi connectivity index (χ4n) is 1.17. The Bertz CT molecular complexity index is 369. The van der Waals surface area contributed by atoms with E-state index in [-0.39, 0.29) is 18.2 Å². The lowest BCUT2D eigenvalue weighted by molar-refractivity contribution is 1.31. The molecule has 0 spiro atoms. The normalized spacial score (nSPS) is 9.62. The van der Waals surface area contributed by atoms with Crippen LogP contribution in [0.15, 0.2) is 36.7 Å². The van der Waals surface area contributed by atoms with Crippen molar-refractivity contribution in [2.24, 2.45) is 0 Å². The summed E-state index contributed by atoms with van der Waals surface area (Å²) >= 11 is 3.34. The first-order valence-corrected chi connectivity index (χ1v) is 8.65. The van der Waals surface area contributed by atoms with E-state index >= 15 is 0 Å². The van der Waals surface area contributed by atoms with Crippen molar-refractivity contribution in [3.63, 3.8) is 0 Å². The maximum absolute atomic E-state index is 4.19. The van der Waals surface area contributed by atoms with Crippen LogP contribution in [0.3, 0.4) is 0 Å². The molecule has 0 bridgehead atoms. The zero-order valence-corrected chi connectivity index (χ0v) is 10.00. The van der Waals surface area contributed by atoms with Gasteiger partial charge in [-0.15, -0.1) is 0 Å². The van der Waals surface area contributed by atoms with Gasteiger partial charge in [0, 0.05) is 18.0 Å². The zero-order valence-electron chi connectivity index (χ0n) is 7.00. The monoisotopic (exact) mass is 246 g/mol. The quantitative estimate of drug-likeness (QED) is 0.804. The Balaban J connectivity index is 2.33. The molecule has 1 aromatic heterocycles. The van der Waals surface area contributed by atoms with Crippen LogP contribution in [0.2, 0.25) is 0 Å². The molecular formula is C9H7BrMgN2. The Hall–Kier alpha value is -0.324. The van der Waals surface area contributed by atoms with Crippen molar-refractivity contribution in [1.82, 2.24) is 9.97 Å². The van der Waals surface area contributed by atoms with Crippen molar-refractivity contribution < 1.29 is 0 Å². The van der Waals surface area contributed by atoms with Gasteiger partial charge in [0.2, 0.25) is 0 Å². The molecule has 0 saturated heterocycles. The third-order valence-electron chi connectivity index (χ3n) is 1.88. The molecule has 0 atom stereocenters. The van der Waals surface area contributed by atoms with Crippen LogP contribution >= 0.6 is 12.9 Å². The molecule has 0 aliphatic carbocycles. The summed E-state index contributed by atoms with van der Waals surface area (Å²) in [5, 5.41) is 0. The van der Waals surface area contributed by atoms with E-state index in [2.05, 4.69) is 47.1 Å². The summed E-state index contributed by atoms with van der Waals surface area (Å²) in [5.41, 5.74) is 1.14. The van der Waals surface area contributed by atoms with Gasteiger partial charge in [-0.2, -0.15) is 3.69 Å². The van der Waals surface area contributed by atoms with Gasteiger partial charge in [0.25, 0.3) is 0 Å². The average Bonchev–Trinajstić information content (AvgIpc) is 2.71. The van der Waals surface area contributed by atoms with Gasteiger partial charge in [-0.25, -0.2) is 4.98 Å². The van der Waals surface area contributed by atoms with Crippen LogP contribution < -0.4 is 3.69 Å². The molecule has 0 aliphatic heterocycles. The number of imidazole rings is 1. The highest BCUT2D eigenvalue weighted by atomic mass is 79.9. The Morgan fingerprint density at radius 1 is 1.23 bits per heavy atom. The molecule has 62 valence electrons. The van der Waals surface area contributed by atoms with E-state index in [1.165, 1.54) is 3.69 Å². The first kappa shape index (κ1) is 9.24. The van der Waals surface area contributed by atoms with Crippen LogP contribution in [0, 0.1) is 0 Å². The fraction of sp³-hybridized carbons (Fsp3) is 0. The van der Waals surface area contributed by atoms with E-state index in [0.29, 0.717) is 0 Å². The number of benzene rings is 1. The van der Waals surface area contributed by atoms with Crippen molar-refractivity contribution >= 4 is 34.8 Å². The van der Waals surface area contributed by atoms with Gasteiger partial charge in [0.05, 0.1) is 0 Å². The van der Waals surface area contributed by atoms with Gasteiger partial charge in [-0.1, -0.05) is 24.3 Å². The molecule has 1 aromatic carbocycles. The molecule has 4 heteroatoms. The topological polar surface area (TPSA) is 28.7 Å². The predicted octanol–water partition coefficient (Wildman–Crippen LogP) is 1.72. The SMILES string of the molecule is [Br][Mg][c]1ccc(-c2ncc[nH]2)cc1. The third-order valence-corrected chi connectivity index (χ3v) is 4.60. The van der Waals surface area contributed by atoms with Crippen molar-refractivity contribution in [2.45, 2.75) is 0 Å². The highest BCUT2D eigenvalue weighted by molar-refractivity contribution is 9.23. The standard InChI is InChI=1S/C9H7N2.BrH.Mg/c1-2-4-8(5-3-1)9-10-6-7-11-9;;/h2-7H,(H,10,11);1H;/q;;+1/p-1. The van der Waals surface area contributed by atoms with Crippen LogP contribution in [0.5, 0.6) is 0 Å². The highest BCUT2D eigenvalue weighted by Gasteiger charge is 1.99. The average molecular weight is 247 g/mol. The number of H-pyrrole nitrogens is 1. The Morgan fingerprint density at radius 2 is 2.00 bits per heavy atom. The molecule has 0 aliphatic rings. The van der Waals surface area contributed by atoms with Crippen LogP contribution in [0.1, 0.15) is 0 Å². The van der Waals surface area contributed by atoms with E-state index in [1.54, 1.807) is 6.20 Å². The number of rotatable bonds is 2. The lowest BCUT2D eigenvalue weighted by atomic mass is 10.2. The Labute approximate surface area is 92.4 Å². The molecule has 1 heterocycles. The van der Waals surface area contributed by atoms with Crippen LogP contribution in [-0.2, 0) is 0 Å². The van der Waals surface area contributed by atoms with Crippen molar-refractivity contribution in [3.05, 3.63) is 36.7 Å². The number of aromatic nitrogens is 2. The second-order valence-corrected chi connectivity index (χ2v) is 5.53. The number of nitrogens with one attached hydrogen (secondary N) is 1. The largest absolute Gasteiger partial charge is 0.506 e. The molecule has 0 saturated carbocycles. The number of nitrogens with zero attached hydrogens (tertiary/aromatic N) is 1. The summed E-state index contributed by atoms with van der Waals surface area (Å²) < 4.78 is 1.41. The molecule has 1 N–H and O–H groups in total. The summed E-state index contributed by atoms with van der Waals surface area (Å²) in [4.78, 5) is 7.27. The zero-order chi connectivity index (χ0) is 9.10. The molecule has 0 radical (unpaired) electrons. The number of hydrogen-bond acceptors (Lipinski definition) is 1. The summed E-state index contributed by atoms with van der Waals surface area (Å²) in [6, 6.07) is 8.50. The molecule has 2 nitrogen and oxygen atoms in total. The summed E-state index contributed by atoms with van der Waals surface area (Å²) in [7, 11) is 0. The van der Waals surface area contributed by atoms with E-state index in [4.69, 9.17) is 0 Å². The molecule has 2 rings (SSSR count). The van der Waals surface area contributed by atoms with Gasteiger partial charge in [-0.05, 0) is 0 Å². The van der Waals surface area contributed by atoms with Crippen LogP contribution in [0.25, 0.3) is 11.4 Å². The molecule has 0 fully saturated rings. The smallest absolute Gasteiger partial charge is 0.345 e. The van der Waals surface area contributed by atoms with E-state index in [9.17, 15) is 0 Å². The molecule has 0 unspecified atom stereocenters. The first-order chi connectivity index (χ1) is 6.40. The maximum Gasteiger partial charge on any atom is 0.506 e. The third kappa shape index (κ3) is 2.13. The maximum atomic E-state index is 4.19. The van der Waals surface area contributed by atoms with Gasteiger partial charge < -0.3 is 4.98 Å². The summed E-state index contributed by atoms with van der Waals surface area (Å²) in [5.74, 6) is 0.933. The first-order valence-electron chi connectivity index (χ1n) is 4.05. The minimum atomic E-state index is -0.210. The van der Waals surface area contributed by atoms with E-state index in [1.807, 2.05) is 6.20 Å². The second kappa shape index (κ2) is 4.26. The number of hydrogen-bond donors (Lipinski definition) is 1. The highest BCUT2D eigenvalue weighted by Crippen LogP contribution is 2.11. The number of halogens is 1. The molecule has 13 heavy (non-hydrogen) atoms. The summed E-state index contributed by atoms with van der Waals surface area (Å²) in [6.07, 6.45) is 3.60. The van der Waals surface area contributed by atoms with Crippen LogP contribution in [0.4, 0.5) is 0 Å². The molecule has 0 amide bonds. The fourth-order valence-corrected chi connectivity index (χ4v) is 2.71. The lowest BCUT2D eigenvalue weighted by Gasteiger charge is -1.98. The van der Waals surface area contributed by atoms with Crippen molar-refractivity contribution in [1.29, 1.82) is 0 Å². The minimum absolute atomic E-state index is 0.210. The van der Waals surface area contributed by atoms with Gasteiger partial charge in [0.15, 0.2) is 0 Å². The lowest BCUT2D eigenvalue weighted by Crippen LogP contribution is -2.06. The molecular weight excluding hydrogens is 240 g/mol. The summed E-state index contributed by atoms with van der Waals surface area (Å²) in [6.45, 7) is 0. The Kier molecular flexibility index (Phi) is 3.03. The van der Waals surface area contributed by atoms with Gasteiger partial charge >= 0.3 is 18.2 Å². The minimum Gasteiger partial charge on any atom is -0.345 e. The van der Waals surface area contributed by atoms with Gasteiger partial charge in [0.1, 0.15) is 5.82 Å². The van der Waals surface area contributed by atoms with Crippen LogP contribution in [-0.4, -0.2) is 28.2 Å². The van der Waals surface area contributed by atoms with E-state index < -0.39 is 0 Å². The van der Waals surface area contributed by atoms with Crippen molar-refractivity contribution in [3.8, 4) is 11.4 Å².